The maximum Gasteiger partial charge on any atom is 0.360 e. The van der Waals surface area contributed by atoms with Gasteiger partial charge in [0.1, 0.15) is 29.0 Å². The van der Waals surface area contributed by atoms with Crippen LogP contribution in [0, 0.1) is 29.6 Å². The smallest absolute Gasteiger partial charge is 0.360 e. The van der Waals surface area contributed by atoms with Crippen LogP contribution < -0.4 is 11.0 Å². The Hall–Kier alpha value is -2.64. The number of anilines is 1. The highest BCUT2D eigenvalue weighted by molar-refractivity contribution is 7.60. The van der Waals surface area contributed by atoms with Crippen molar-refractivity contribution in [3.05, 3.63) is 29.0 Å². The molecule has 0 aromatic carbocycles. The van der Waals surface area contributed by atoms with Crippen molar-refractivity contribution < 1.29 is 18.8 Å². The number of pyridine rings is 1. The second kappa shape index (κ2) is 5.04. The van der Waals surface area contributed by atoms with Gasteiger partial charge in [-0.05, 0) is 18.6 Å². The fraction of sp³-hybridized carbons (Fsp3) is 0.0833. The van der Waals surface area contributed by atoms with Crippen LogP contribution in [0.1, 0.15) is 16.7 Å². The highest BCUT2D eigenvalue weighted by Crippen LogP contribution is 2.39. The van der Waals surface area contributed by atoms with Crippen LogP contribution in [0.4, 0.5) is 5.82 Å². The third-order valence-electron chi connectivity index (χ3n) is 2.87. The number of nitriles is 2. The van der Waals surface area contributed by atoms with Crippen molar-refractivity contribution in [3.8, 4) is 23.6 Å². The van der Waals surface area contributed by atoms with Gasteiger partial charge in [-0.3, -0.25) is 4.57 Å². The van der Waals surface area contributed by atoms with E-state index in [0.29, 0.717) is 0 Å². The highest BCUT2D eigenvalue weighted by Gasteiger charge is 2.29. The Morgan fingerprint density at radius 2 is 1.95 bits per heavy atom. The van der Waals surface area contributed by atoms with Gasteiger partial charge in [0.2, 0.25) is 0 Å². The molecular weight excluding hydrogens is 295 g/mol. The molecule has 0 aliphatic heterocycles. The zero-order valence-electron chi connectivity index (χ0n) is 10.7. The third kappa shape index (κ3) is 2.39. The Kier molecular flexibility index (Phi) is 3.54. The Balaban J connectivity index is 2.85. The van der Waals surface area contributed by atoms with E-state index in [9.17, 15) is 19.6 Å². The maximum absolute atomic E-state index is 11.4. The normalized spacial score (nSPS) is 10.9. The summed E-state index contributed by atoms with van der Waals surface area (Å²) in [7, 11) is -4.60. The minimum Gasteiger partial charge on any atom is -0.462 e. The van der Waals surface area contributed by atoms with Gasteiger partial charge in [-0.15, -0.1) is 0 Å². The van der Waals surface area contributed by atoms with E-state index in [4.69, 9.17) is 15.4 Å². The molecule has 0 atom stereocenters. The highest BCUT2D eigenvalue weighted by atomic mass is 31.2. The van der Waals surface area contributed by atoms with E-state index >= 15 is 0 Å². The van der Waals surface area contributed by atoms with Crippen molar-refractivity contribution in [2.75, 3.05) is 5.73 Å². The minimum absolute atomic E-state index is 0.0228. The summed E-state index contributed by atoms with van der Waals surface area (Å²) in [6.07, 6.45) is 1.08. The van der Waals surface area contributed by atoms with Crippen molar-refractivity contribution in [1.29, 1.82) is 10.5 Å². The minimum atomic E-state index is -4.60. The van der Waals surface area contributed by atoms with E-state index in [0.717, 1.165) is 12.3 Å². The first kappa shape index (κ1) is 14.8. The molecule has 9 heteroatoms. The number of nitrogen functional groups attached to an aromatic ring is 1. The van der Waals surface area contributed by atoms with Crippen LogP contribution in [0.3, 0.4) is 0 Å². The average Bonchev–Trinajstić information content (AvgIpc) is 2.87. The molecule has 21 heavy (non-hydrogen) atoms. The van der Waals surface area contributed by atoms with E-state index in [1.807, 2.05) is 12.1 Å². The molecule has 2 aromatic heterocycles. The van der Waals surface area contributed by atoms with E-state index in [1.54, 1.807) is 0 Å². The summed E-state index contributed by atoms with van der Waals surface area (Å²) in [6, 6.07) is 4.78. The molecule has 2 heterocycles. The van der Waals surface area contributed by atoms with E-state index in [1.165, 1.54) is 6.92 Å². The van der Waals surface area contributed by atoms with Gasteiger partial charge < -0.3 is 19.9 Å². The Morgan fingerprint density at radius 3 is 2.48 bits per heavy atom. The fourth-order valence-electron chi connectivity index (χ4n) is 1.88. The third-order valence-corrected chi connectivity index (χ3v) is 3.85. The lowest BCUT2D eigenvalue weighted by atomic mass is 10.0. The molecule has 0 saturated carbocycles. The Bertz CT molecular complexity index is 853. The number of furan rings is 1. The van der Waals surface area contributed by atoms with Crippen molar-refractivity contribution in [3.63, 3.8) is 0 Å². The van der Waals surface area contributed by atoms with Gasteiger partial charge in [0, 0.05) is 0 Å². The first-order valence-corrected chi connectivity index (χ1v) is 7.16. The lowest BCUT2D eigenvalue weighted by molar-refractivity contribution is 0.387. The summed E-state index contributed by atoms with van der Waals surface area (Å²) in [5.41, 5.74) is 5.83. The molecule has 0 fully saturated rings. The molecule has 0 aliphatic rings. The topological polar surface area (TPSA) is 157 Å². The van der Waals surface area contributed by atoms with Crippen molar-refractivity contribution >= 4 is 18.7 Å². The summed E-state index contributed by atoms with van der Waals surface area (Å²) in [6.45, 7) is 1.50. The summed E-state index contributed by atoms with van der Waals surface area (Å²) >= 11 is 0. The van der Waals surface area contributed by atoms with Gasteiger partial charge in [-0.1, -0.05) is 0 Å². The van der Waals surface area contributed by atoms with Crippen LogP contribution in [0.2, 0.25) is 0 Å². The molecule has 0 saturated heterocycles. The summed E-state index contributed by atoms with van der Waals surface area (Å²) in [5.74, 6) is -0.378. The van der Waals surface area contributed by atoms with E-state index < -0.39 is 12.9 Å². The monoisotopic (exact) mass is 304 g/mol. The first-order valence-electron chi connectivity index (χ1n) is 5.55. The lowest BCUT2D eigenvalue weighted by Crippen LogP contribution is -2.09. The van der Waals surface area contributed by atoms with Gasteiger partial charge in [0.15, 0.2) is 5.76 Å². The number of hydrogen-bond donors (Lipinski definition) is 3. The standard InChI is InChI=1S/C12H9N4O4P/c1-6-7(4-13)10(16-12(15)8(6)5-14)11-9(2-3-20-11)21(17,18)19/h2-3H,1H3,(H2,15,16)(H2,17,18,19). The number of aromatic nitrogens is 1. The Labute approximate surface area is 119 Å². The number of hydrogen-bond acceptors (Lipinski definition) is 6. The van der Waals surface area contributed by atoms with E-state index in [-0.39, 0.29) is 34.0 Å². The molecule has 0 bridgehead atoms. The average molecular weight is 304 g/mol. The van der Waals surface area contributed by atoms with Crippen LogP contribution in [0.5, 0.6) is 0 Å². The second-order valence-corrected chi connectivity index (χ2v) is 5.69. The van der Waals surface area contributed by atoms with Crippen LogP contribution >= 0.6 is 7.60 Å². The zero-order valence-corrected chi connectivity index (χ0v) is 11.6. The van der Waals surface area contributed by atoms with Crippen LogP contribution in [0.15, 0.2) is 16.7 Å². The molecule has 2 rings (SSSR count). The first-order chi connectivity index (χ1) is 9.81. The van der Waals surface area contributed by atoms with Crippen molar-refractivity contribution in [2.24, 2.45) is 0 Å². The van der Waals surface area contributed by atoms with Crippen LogP contribution in [-0.2, 0) is 4.57 Å². The number of rotatable bonds is 2. The summed E-state index contributed by atoms with van der Waals surface area (Å²) < 4.78 is 16.5. The molecule has 8 nitrogen and oxygen atoms in total. The van der Waals surface area contributed by atoms with Gasteiger partial charge in [0.25, 0.3) is 0 Å². The van der Waals surface area contributed by atoms with Crippen LogP contribution in [0.25, 0.3) is 11.5 Å². The molecule has 0 radical (unpaired) electrons. The molecule has 0 amide bonds. The number of nitrogens with zero attached hydrogens (tertiary/aromatic N) is 3. The maximum atomic E-state index is 11.4. The second-order valence-electron chi connectivity index (χ2n) is 4.12. The molecule has 0 unspecified atom stereocenters. The van der Waals surface area contributed by atoms with Gasteiger partial charge in [-0.2, -0.15) is 10.5 Å². The van der Waals surface area contributed by atoms with Crippen molar-refractivity contribution in [1.82, 2.24) is 4.98 Å². The molecule has 106 valence electrons. The fourth-order valence-corrected chi connectivity index (χ4v) is 2.56. The predicted octanol–water partition coefficient (Wildman–Crippen LogP) is 0.779. The largest absolute Gasteiger partial charge is 0.462 e. The van der Waals surface area contributed by atoms with Crippen LogP contribution in [-0.4, -0.2) is 14.8 Å². The molecule has 0 spiro atoms. The zero-order chi connectivity index (χ0) is 15.8. The van der Waals surface area contributed by atoms with Gasteiger partial charge in [0.05, 0.1) is 17.4 Å². The molecule has 4 N–H and O–H groups in total. The van der Waals surface area contributed by atoms with E-state index in [2.05, 4.69) is 4.98 Å². The summed E-state index contributed by atoms with van der Waals surface area (Å²) in [4.78, 5) is 22.4. The van der Waals surface area contributed by atoms with Gasteiger partial charge in [-0.25, -0.2) is 4.98 Å². The molecular formula is C12H9N4O4P. The number of nitrogens with two attached hydrogens (primary N) is 1. The Morgan fingerprint density at radius 1 is 1.33 bits per heavy atom. The van der Waals surface area contributed by atoms with Gasteiger partial charge >= 0.3 is 7.60 Å². The quantitative estimate of drug-likeness (QED) is 0.686. The molecule has 0 aliphatic carbocycles. The SMILES string of the molecule is Cc1c(C#N)c(N)nc(-c2occc2P(=O)(O)O)c1C#N. The molecule has 2 aromatic rings. The predicted molar refractivity (Wildman–Crippen MR) is 72.2 cm³/mol. The lowest BCUT2D eigenvalue weighted by Gasteiger charge is -2.10. The summed E-state index contributed by atoms with van der Waals surface area (Å²) in [5, 5.41) is 17.8. The van der Waals surface area contributed by atoms with Crippen molar-refractivity contribution in [2.45, 2.75) is 6.92 Å².